The van der Waals surface area contributed by atoms with E-state index in [1.807, 2.05) is 13.8 Å². The standard InChI is InChI=1S/C16H21N3O4/c1-5-22-14(20)9-19(8-10(2)3)16(21)12-6-13-11(4)18-23-15(13)17-7-12/h6-7,10H,5,8-9H2,1-4H3. The Morgan fingerprint density at radius 2 is 2.13 bits per heavy atom. The van der Waals surface area contributed by atoms with E-state index in [4.69, 9.17) is 9.26 Å². The van der Waals surface area contributed by atoms with Gasteiger partial charge in [-0.2, -0.15) is 0 Å². The van der Waals surface area contributed by atoms with E-state index in [2.05, 4.69) is 10.1 Å². The molecule has 0 unspecified atom stereocenters. The Morgan fingerprint density at radius 1 is 1.39 bits per heavy atom. The summed E-state index contributed by atoms with van der Waals surface area (Å²) in [6.45, 7) is 8.15. The van der Waals surface area contributed by atoms with E-state index >= 15 is 0 Å². The number of aromatic nitrogens is 2. The summed E-state index contributed by atoms with van der Waals surface area (Å²) in [4.78, 5) is 30.1. The highest BCUT2D eigenvalue weighted by Crippen LogP contribution is 2.18. The van der Waals surface area contributed by atoms with E-state index < -0.39 is 5.97 Å². The number of hydrogen-bond donors (Lipinski definition) is 0. The lowest BCUT2D eigenvalue weighted by Crippen LogP contribution is -2.39. The monoisotopic (exact) mass is 319 g/mol. The molecule has 23 heavy (non-hydrogen) atoms. The number of nitrogens with zero attached hydrogens (tertiary/aromatic N) is 3. The Morgan fingerprint density at radius 3 is 2.78 bits per heavy atom. The minimum absolute atomic E-state index is 0.0779. The molecule has 2 aromatic rings. The van der Waals surface area contributed by atoms with Crippen molar-refractivity contribution in [3.63, 3.8) is 0 Å². The Balaban J connectivity index is 2.26. The zero-order valence-electron chi connectivity index (χ0n) is 13.8. The van der Waals surface area contributed by atoms with Crippen LogP contribution in [0.15, 0.2) is 16.8 Å². The number of pyridine rings is 1. The molecule has 0 saturated carbocycles. The second-order valence-corrected chi connectivity index (χ2v) is 5.73. The van der Waals surface area contributed by atoms with Crippen molar-refractivity contribution in [1.82, 2.24) is 15.0 Å². The van der Waals surface area contributed by atoms with E-state index in [-0.39, 0.29) is 25.0 Å². The molecule has 2 rings (SSSR count). The number of rotatable bonds is 6. The van der Waals surface area contributed by atoms with Gasteiger partial charge in [-0.05, 0) is 25.8 Å². The summed E-state index contributed by atoms with van der Waals surface area (Å²) in [5, 5.41) is 4.52. The Labute approximate surface area is 134 Å². The highest BCUT2D eigenvalue weighted by molar-refractivity contribution is 5.98. The van der Waals surface area contributed by atoms with Crippen molar-refractivity contribution < 1.29 is 18.8 Å². The number of carbonyl (C=O) groups is 2. The first-order valence-electron chi connectivity index (χ1n) is 7.59. The Hall–Kier alpha value is -2.44. The fraction of sp³-hybridized carbons (Fsp3) is 0.500. The maximum Gasteiger partial charge on any atom is 0.325 e. The van der Waals surface area contributed by atoms with Crippen LogP contribution in [0.3, 0.4) is 0 Å². The topological polar surface area (TPSA) is 85.5 Å². The number of ether oxygens (including phenoxy) is 1. The van der Waals surface area contributed by atoms with E-state index in [1.54, 1.807) is 19.9 Å². The van der Waals surface area contributed by atoms with Crippen LogP contribution in [0, 0.1) is 12.8 Å². The molecule has 1 amide bonds. The highest BCUT2D eigenvalue weighted by Gasteiger charge is 2.22. The molecule has 0 bridgehead atoms. The lowest BCUT2D eigenvalue weighted by molar-refractivity contribution is -0.143. The number of fused-ring (bicyclic) bond motifs is 1. The molecule has 124 valence electrons. The third-order valence-corrected chi connectivity index (χ3v) is 3.25. The third kappa shape index (κ3) is 4.06. The lowest BCUT2D eigenvalue weighted by Gasteiger charge is -2.23. The van der Waals surface area contributed by atoms with Crippen LogP contribution in [0.2, 0.25) is 0 Å². The molecule has 0 aromatic carbocycles. The van der Waals surface area contributed by atoms with Crippen molar-refractivity contribution in [2.45, 2.75) is 27.7 Å². The van der Waals surface area contributed by atoms with Crippen LogP contribution < -0.4 is 0 Å². The van der Waals surface area contributed by atoms with Crippen molar-refractivity contribution in [3.8, 4) is 0 Å². The van der Waals surface area contributed by atoms with Crippen molar-refractivity contribution in [3.05, 3.63) is 23.5 Å². The maximum atomic E-state index is 12.7. The Bertz CT molecular complexity index is 708. The third-order valence-electron chi connectivity index (χ3n) is 3.25. The van der Waals surface area contributed by atoms with Gasteiger partial charge in [0.05, 0.1) is 23.3 Å². The van der Waals surface area contributed by atoms with Gasteiger partial charge in [-0.3, -0.25) is 9.59 Å². The molecule has 0 aliphatic rings. The van der Waals surface area contributed by atoms with Crippen LogP contribution in [0.4, 0.5) is 0 Å². The molecular formula is C16H21N3O4. The second kappa shape index (κ2) is 7.21. The van der Waals surface area contributed by atoms with Crippen molar-refractivity contribution >= 4 is 23.0 Å². The van der Waals surface area contributed by atoms with E-state index in [0.29, 0.717) is 28.9 Å². The van der Waals surface area contributed by atoms with Gasteiger partial charge in [0, 0.05) is 12.7 Å². The molecule has 0 spiro atoms. The smallest absolute Gasteiger partial charge is 0.325 e. The number of aryl methyl sites for hydroxylation is 1. The SMILES string of the molecule is CCOC(=O)CN(CC(C)C)C(=O)c1cnc2onc(C)c2c1. The first-order valence-corrected chi connectivity index (χ1v) is 7.59. The van der Waals surface area contributed by atoms with Crippen LogP contribution in [-0.4, -0.2) is 46.6 Å². The molecule has 0 fully saturated rings. The summed E-state index contributed by atoms with van der Waals surface area (Å²) < 4.78 is 9.99. The summed E-state index contributed by atoms with van der Waals surface area (Å²) in [5.41, 5.74) is 1.46. The second-order valence-electron chi connectivity index (χ2n) is 5.73. The van der Waals surface area contributed by atoms with Crippen LogP contribution in [0.5, 0.6) is 0 Å². The molecule has 0 radical (unpaired) electrons. The predicted octanol–water partition coefficient (Wildman–Crippen LogP) is 2.19. The maximum absolute atomic E-state index is 12.7. The number of hydrogen-bond acceptors (Lipinski definition) is 6. The molecule has 2 heterocycles. The van der Waals surface area contributed by atoms with Gasteiger partial charge in [-0.25, -0.2) is 4.98 Å². The predicted molar refractivity (Wildman–Crippen MR) is 83.9 cm³/mol. The van der Waals surface area contributed by atoms with Gasteiger partial charge in [0.2, 0.25) is 0 Å². The van der Waals surface area contributed by atoms with Gasteiger partial charge in [0.1, 0.15) is 6.54 Å². The zero-order valence-corrected chi connectivity index (χ0v) is 13.8. The van der Waals surface area contributed by atoms with E-state index in [0.717, 1.165) is 0 Å². The summed E-state index contributed by atoms with van der Waals surface area (Å²) in [7, 11) is 0. The fourth-order valence-corrected chi connectivity index (χ4v) is 2.27. The van der Waals surface area contributed by atoms with Crippen molar-refractivity contribution in [2.75, 3.05) is 19.7 Å². The molecule has 0 aliphatic carbocycles. The molecule has 0 saturated heterocycles. The Kier molecular flexibility index (Phi) is 5.31. The zero-order chi connectivity index (χ0) is 17.0. The van der Waals surface area contributed by atoms with Crippen molar-refractivity contribution in [2.24, 2.45) is 5.92 Å². The summed E-state index contributed by atoms with van der Waals surface area (Å²) in [5.74, 6) is -0.458. The summed E-state index contributed by atoms with van der Waals surface area (Å²) in [6.07, 6.45) is 1.44. The van der Waals surface area contributed by atoms with Crippen molar-refractivity contribution in [1.29, 1.82) is 0 Å². The number of esters is 1. The van der Waals surface area contributed by atoms with Gasteiger partial charge in [-0.15, -0.1) is 0 Å². The number of carbonyl (C=O) groups excluding carboxylic acids is 2. The summed E-state index contributed by atoms with van der Waals surface area (Å²) >= 11 is 0. The average Bonchev–Trinajstić information content (AvgIpc) is 2.86. The minimum Gasteiger partial charge on any atom is -0.465 e. The first-order chi connectivity index (χ1) is 10.9. The van der Waals surface area contributed by atoms with Gasteiger partial charge >= 0.3 is 5.97 Å². The normalized spacial score (nSPS) is 11.0. The van der Waals surface area contributed by atoms with Gasteiger partial charge < -0.3 is 14.2 Å². The van der Waals surface area contributed by atoms with E-state index in [9.17, 15) is 9.59 Å². The molecule has 0 atom stereocenters. The molecule has 7 nitrogen and oxygen atoms in total. The molecule has 0 aliphatic heterocycles. The fourth-order valence-electron chi connectivity index (χ4n) is 2.27. The van der Waals surface area contributed by atoms with Crippen LogP contribution in [0.25, 0.3) is 11.1 Å². The number of amides is 1. The molecule has 2 aromatic heterocycles. The first kappa shape index (κ1) is 16.9. The molecule has 7 heteroatoms. The molecule has 0 N–H and O–H groups in total. The molecular weight excluding hydrogens is 298 g/mol. The quantitative estimate of drug-likeness (QED) is 0.759. The average molecular weight is 319 g/mol. The van der Waals surface area contributed by atoms with Crippen LogP contribution in [-0.2, 0) is 9.53 Å². The largest absolute Gasteiger partial charge is 0.465 e. The minimum atomic E-state index is -0.420. The van der Waals surface area contributed by atoms with Gasteiger partial charge in [0.15, 0.2) is 0 Å². The van der Waals surface area contributed by atoms with Crippen LogP contribution in [0.1, 0.15) is 36.8 Å². The highest BCUT2D eigenvalue weighted by atomic mass is 16.5. The van der Waals surface area contributed by atoms with Gasteiger partial charge in [0.25, 0.3) is 11.6 Å². The lowest BCUT2D eigenvalue weighted by atomic mass is 10.1. The van der Waals surface area contributed by atoms with Gasteiger partial charge in [-0.1, -0.05) is 19.0 Å². The van der Waals surface area contributed by atoms with E-state index in [1.165, 1.54) is 11.1 Å². The van der Waals surface area contributed by atoms with Crippen LogP contribution >= 0.6 is 0 Å². The summed E-state index contributed by atoms with van der Waals surface area (Å²) in [6, 6.07) is 1.69.